The Bertz CT molecular complexity index is 1050. The van der Waals surface area contributed by atoms with E-state index in [0.29, 0.717) is 5.69 Å². The Labute approximate surface area is 197 Å². The number of nitrogens with zero attached hydrogens (tertiary/aromatic N) is 3. The van der Waals surface area contributed by atoms with Crippen LogP contribution in [0.3, 0.4) is 0 Å². The Morgan fingerprint density at radius 2 is 1.81 bits per heavy atom. The lowest BCUT2D eigenvalue weighted by atomic mass is 9.77. The minimum Gasteiger partial charge on any atom is -0.443 e. The molecule has 2 aromatic rings. The van der Waals surface area contributed by atoms with Crippen LogP contribution in [-0.4, -0.2) is 39.7 Å². The fourth-order valence-corrected chi connectivity index (χ4v) is 6.99. The quantitative estimate of drug-likeness (QED) is 0.490. The van der Waals surface area contributed by atoms with E-state index in [0.717, 1.165) is 36.9 Å². The van der Waals surface area contributed by atoms with Gasteiger partial charge in [-0.25, -0.2) is 4.79 Å². The third-order valence-corrected chi connectivity index (χ3v) is 8.22. The summed E-state index contributed by atoms with van der Waals surface area (Å²) in [6.45, 7) is 5.58. The number of amides is 2. The number of hydrogen-bond acceptors (Lipinski definition) is 4. The molecule has 0 bridgehead atoms. The van der Waals surface area contributed by atoms with E-state index in [2.05, 4.69) is 27.0 Å². The first-order valence-electron chi connectivity index (χ1n) is 11.3. The number of likely N-dealkylation sites (tertiary alicyclic amines) is 1. The monoisotopic (exact) mass is 497 g/mol. The van der Waals surface area contributed by atoms with Crippen molar-refractivity contribution < 1.29 is 14.3 Å². The van der Waals surface area contributed by atoms with E-state index >= 15 is 0 Å². The number of anilines is 1. The summed E-state index contributed by atoms with van der Waals surface area (Å²) in [6.07, 6.45) is 4.77. The standard InChI is InChI=1S/C25H28BrN3O3/c1-24(2,3)32-23(31)29-20-14-7-5-11-17(20)25(26)16-10-4-6-13-19(16)28(22(25)29)21(30)18-12-8-9-15-27-18/h5,7-9,11-12,14-16,19,22H,4,6,10,13H2,1-3H3/t16-,19-,22-,25-/m0/s1. The van der Waals surface area contributed by atoms with Crippen LogP contribution in [0.1, 0.15) is 62.5 Å². The molecular formula is C25H28BrN3O3. The largest absolute Gasteiger partial charge is 0.443 e. The molecule has 7 heteroatoms. The van der Waals surface area contributed by atoms with E-state index in [4.69, 9.17) is 4.74 Å². The van der Waals surface area contributed by atoms with E-state index in [9.17, 15) is 9.59 Å². The Morgan fingerprint density at radius 1 is 1.09 bits per heavy atom. The zero-order chi connectivity index (χ0) is 22.7. The molecule has 0 spiro atoms. The summed E-state index contributed by atoms with van der Waals surface area (Å²) in [4.78, 5) is 35.3. The first kappa shape index (κ1) is 21.4. The summed E-state index contributed by atoms with van der Waals surface area (Å²) in [6, 6.07) is 13.3. The molecule has 0 radical (unpaired) electrons. The molecule has 3 heterocycles. The Hall–Kier alpha value is -2.41. The Balaban J connectivity index is 1.67. The van der Waals surface area contributed by atoms with Gasteiger partial charge in [-0.05, 0) is 57.4 Å². The number of halogens is 1. The summed E-state index contributed by atoms with van der Waals surface area (Å²) in [5, 5.41) is 0. The summed E-state index contributed by atoms with van der Waals surface area (Å²) in [5.74, 6) is 0.0534. The van der Waals surface area contributed by atoms with Gasteiger partial charge in [-0.2, -0.15) is 0 Å². The number of fused-ring (bicyclic) bond motifs is 5. The molecule has 1 saturated heterocycles. The van der Waals surface area contributed by atoms with Crippen LogP contribution in [0.5, 0.6) is 0 Å². The molecular weight excluding hydrogens is 470 g/mol. The van der Waals surface area contributed by atoms with Gasteiger partial charge in [-0.3, -0.25) is 14.7 Å². The minimum absolute atomic E-state index is 0.0286. The van der Waals surface area contributed by atoms with Crippen molar-refractivity contribution in [2.24, 2.45) is 5.92 Å². The fraction of sp³-hybridized carbons (Fsp3) is 0.480. The molecule has 3 aliphatic rings. The molecule has 2 amide bonds. The second kappa shape index (κ2) is 7.58. The van der Waals surface area contributed by atoms with Crippen molar-refractivity contribution in [3.8, 4) is 0 Å². The lowest BCUT2D eigenvalue weighted by molar-refractivity contribution is 0.0473. The number of carbonyl (C=O) groups excluding carboxylic acids is 2. The molecule has 2 aliphatic heterocycles. The lowest BCUT2D eigenvalue weighted by Crippen LogP contribution is -2.55. The van der Waals surface area contributed by atoms with Crippen LogP contribution in [0, 0.1) is 5.92 Å². The van der Waals surface area contributed by atoms with Crippen LogP contribution in [0.4, 0.5) is 10.5 Å². The van der Waals surface area contributed by atoms with Crippen molar-refractivity contribution in [3.05, 3.63) is 59.9 Å². The van der Waals surface area contributed by atoms with E-state index in [1.807, 2.05) is 49.9 Å². The predicted molar refractivity (Wildman–Crippen MR) is 126 cm³/mol. The van der Waals surface area contributed by atoms with E-state index in [-0.39, 0.29) is 17.9 Å². The molecule has 168 valence electrons. The number of hydrogen-bond donors (Lipinski definition) is 0. The van der Waals surface area contributed by atoms with Gasteiger partial charge in [0.1, 0.15) is 17.5 Å². The summed E-state index contributed by atoms with van der Waals surface area (Å²) >= 11 is 4.12. The second-order valence-corrected chi connectivity index (χ2v) is 11.2. The highest BCUT2D eigenvalue weighted by molar-refractivity contribution is 9.09. The number of aromatic nitrogens is 1. The third-order valence-electron chi connectivity index (χ3n) is 6.80. The average Bonchev–Trinajstić information content (AvgIpc) is 3.18. The third kappa shape index (κ3) is 3.16. The molecule has 0 unspecified atom stereocenters. The van der Waals surface area contributed by atoms with Crippen molar-refractivity contribution >= 4 is 33.6 Å². The number of para-hydroxylation sites is 1. The topological polar surface area (TPSA) is 62.7 Å². The number of pyridine rings is 1. The van der Waals surface area contributed by atoms with Gasteiger partial charge in [0.25, 0.3) is 5.91 Å². The van der Waals surface area contributed by atoms with Crippen LogP contribution < -0.4 is 4.90 Å². The zero-order valence-electron chi connectivity index (χ0n) is 18.6. The van der Waals surface area contributed by atoms with Gasteiger partial charge in [0, 0.05) is 18.2 Å². The van der Waals surface area contributed by atoms with Crippen molar-refractivity contribution in [3.63, 3.8) is 0 Å². The van der Waals surface area contributed by atoms with Crippen molar-refractivity contribution in [1.29, 1.82) is 0 Å². The van der Waals surface area contributed by atoms with Crippen LogP contribution in [0.2, 0.25) is 0 Å². The maximum Gasteiger partial charge on any atom is 0.416 e. The first-order valence-corrected chi connectivity index (χ1v) is 12.1. The predicted octanol–water partition coefficient (Wildman–Crippen LogP) is 5.47. The maximum absolute atomic E-state index is 13.9. The van der Waals surface area contributed by atoms with Gasteiger partial charge in [0.2, 0.25) is 0 Å². The van der Waals surface area contributed by atoms with Crippen LogP contribution in [-0.2, 0) is 9.06 Å². The van der Waals surface area contributed by atoms with Gasteiger partial charge in [-0.15, -0.1) is 0 Å². The number of benzene rings is 1. The highest BCUT2D eigenvalue weighted by Gasteiger charge is 2.67. The maximum atomic E-state index is 13.9. The number of rotatable bonds is 1. The van der Waals surface area contributed by atoms with E-state index in [1.165, 1.54) is 0 Å². The molecule has 32 heavy (non-hydrogen) atoms. The van der Waals surface area contributed by atoms with Gasteiger partial charge < -0.3 is 9.64 Å². The molecule has 1 aliphatic carbocycles. The van der Waals surface area contributed by atoms with Crippen molar-refractivity contribution in [2.45, 2.75) is 68.6 Å². The van der Waals surface area contributed by atoms with E-state index in [1.54, 1.807) is 23.2 Å². The molecule has 1 aromatic carbocycles. The smallest absolute Gasteiger partial charge is 0.416 e. The first-order chi connectivity index (χ1) is 15.2. The molecule has 0 N–H and O–H groups in total. The normalized spacial score (nSPS) is 28.7. The molecule has 2 fully saturated rings. The lowest BCUT2D eigenvalue weighted by Gasteiger charge is -2.37. The average molecular weight is 498 g/mol. The highest BCUT2D eigenvalue weighted by Crippen LogP contribution is 2.63. The second-order valence-electron chi connectivity index (χ2n) is 9.89. The Kier molecular flexibility index (Phi) is 5.08. The molecule has 4 atom stereocenters. The van der Waals surface area contributed by atoms with Crippen LogP contribution in [0.15, 0.2) is 48.7 Å². The minimum atomic E-state index is -0.648. The number of ether oxygens (including phenoxy) is 1. The number of carbonyl (C=O) groups is 2. The van der Waals surface area contributed by atoms with Gasteiger partial charge in [0.05, 0.1) is 10.0 Å². The van der Waals surface area contributed by atoms with Crippen LogP contribution in [0.25, 0.3) is 0 Å². The summed E-state index contributed by atoms with van der Waals surface area (Å²) in [7, 11) is 0. The number of alkyl halides is 1. The molecule has 5 rings (SSSR count). The molecule has 1 saturated carbocycles. The van der Waals surface area contributed by atoms with E-state index < -0.39 is 22.2 Å². The summed E-state index contributed by atoms with van der Waals surface area (Å²) in [5.41, 5.74) is 1.59. The fourth-order valence-electron chi connectivity index (χ4n) is 5.69. The Morgan fingerprint density at radius 3 is 2.53 bits per heavy atom. The van der Waals surface area contributed by atoms with Crippen molar-refractivity contribution in [2.75, 3.05) is 4.90 Å². The highest BCUT2D eigenvalue weighted by atomic mass is 79.9. The van der Waals surface area contributed by atoms with Gasteiger partial charge in [0.15, 0.2) is 0 Å². The van der Waals surface area contributed by atoms with Crippen molar-refractivity contribution in [1.82, 2.24) is 9.88 Å². The molecule has 1 aromatic heterocycles. The molecule has 6 nitrogen and oxygen atoms in total. The zero-order valence-corrected chi connectivity index (χ0v) is 20.2. The van der Waals surface area contributed by atoms with Gasteiger partial charge in [-0.1, -0.05) is 53.0 Å². The van der Waals surface area contributed by atoms with Crippen LogP contribution >= 0.6 is 15.9 Å². The SMILES string of the molecule is CC(C)(C)OC(=O)N1c2ccccc2[C@]2(Br)[C@H]1N(C(=O)c1ccccn1)[C@H]1CCCC[C@@H]12. The van der Waals surface area contributed by atoms with Gasteiger partial charge >= 0.3 is 6.09 Å². The summed E-state index contributed by atoms with van der Waals surface area (Å²) < 4.78 is 5.29.